The molecule has 0 amide bonds. The molecule has 0 aromatic heterocycles. The molecule has 0 aliphatic carbocycles. The van der Waals surface area contributed by atoms with Crippen LogP contribution in [0.2, 0.25) is 0 Å². The third-order valence-electron chi connectivity index (χ3n) is 5.75. The number of hydrogen-bond acceptors (Lipinski definition) is 6. The maximum atomic E-state index is 10.9. The molecule has 0 radical (unpaired) electrons. The van der Waals surface area contributed by atoms with Crippen LogP contribution in [0.4, 0.5) is 0 Å². The predicted molar refractivity (Wildman–Crippen MR) is 107 cm³/mol. The quantitative estimate of drug-likeness (QED) is 0.572. The average molecular weight is 378 g/mol. The molecular weight excluding hydrogens is 342 g/mol. The van der Waals surface area contributed by atoms with E-state index in [4.69, 9.17) is 0 Å². The van der Waals surface area contributed by atoms with Gasteiger partial charge in [-0.2, -0.15) is 0 Å². The van der Waals surface area contributed by atoms with Crippen LogP contribution in [0, 0.1) is 0 Å². The zero-order valence-corrected chi connectivity index (χ0v) is 16.4. The largest absolute Gasteiger partial charge is 0.507 e. The van der Waals surface area contributed by atoms with E-state index < -0.39 is 0 Å². The molecule has 1 aromatic rings. The van der Waals surface area contributed by atoms with Crippen molar-refractivity contribution in [3.63, 3.8) is 0 Å². The Kier molecular flexibility index (Phi) is 7.91. The topological polar surface area (TPSA) is 70.4 Å². The summed E-state index contributed by atoms with van der Waals surface area (Å²) in [5.41, 5.74) is 3.17. The summed E-state index contributed by atoms with van der Waals surface area (Å²) in [5.74, 6) is 0.452. The van der Waals surface area contributed by atoms with Gasteiger partial charge in [0.2, 0.25) is 0 Å². The van der Waals surface area contributed by atoms with E-state index in [0.29, 0.717) is 25.4 Å². The summed E-state index contributed by atoms with van der Waals surface area (Å²) in [7, 11) is 0. The molecule has 3 N–H and O–H groups in total. The summed E-state index contributed by atoms with van der Waals surface area (Å²) < 4.78 is 0. The summed E-state index contributed by atoms with van der Waals surface area (Å²) in [4.78, 5) is 6.89. The Bertz CT molecular complexity index is 539. The van der Waals surface area contributed by atoms with Crippen molar-refractivity contribution in [3.8, 4) is 5.75 Å². The molecule has 0 spiro atoms. The minimum absolute atomic E-state index is 0.0827. The van der Waals surface area contributed by atoms with Gasteiger partial charge < -0.3 is 15.3 Å². The second kappa shape index (κ2) is 10.4. The predicted octanol–water partition coefficient (Wildman–Crippen LogP) is 1.37. The Hall–Kier alpha value is -1.18. The second-order valence-corrected chi connectivity index (χ2v) is 7.95. The van der Waals surface area contributed by atoms with Gasteiger partial charge in [-0.1, -0.05) is 0 Å². The number of phenolic OH excluding ortho intramolecular Hbond substituents is 1. The van der Waals surface area contributed by atoms with E-state index in [9.17, 15) is 15.3 Å². The van der Waals surface area contributed by atoms with Gasteiger partial charge in [0.05, 0.1) is 13.2 Å². The third kappa shape index (κ3) is 5.90. The fourth-order valence-corrected chi connectivity index (χ4v) is 4.34. The van der Waals surface area contributed by atoms with E-state index in [1.54, 1.807) is 0 Å². The van der Waals surface area contributed by atoms with Crippen molar-refractivity contribution in [3.05, 3.63) is 28.8 Å². The van der Waals surface area contributed by atoms with Gasteiger partial charge in [0.15, 0.2) is 0 Å². The molecule has 0 bridgehead atoms. The van der Waals surface area contributed by atoms with Crippen LogP contribution in [-0.2, 0) is 19.6 Å². The molecule has 2 aliphatic heterocycles. The van der Waals surface area contributed by atoms with E-state index in [-0.39, 0.29) is 13.2 Å². The highest BCUT2D eigenvalue weighted by Crippen LogP contribution is 2.29. The van der Waals surface area contributed by atoms with E-state index in [1.165, 1.54) is 25.7 Å². The van der Waals surface area contributed by atoms with Crippen molar-refractivity contribution in [1.29, 1.82) is 0 Å². The number of hydrogen-bond donors (Lipinski definition) is 3. The Balaban J connectivity index is 1.81. The van der Waals surface area contributed by atoms with Gasteiger partial charge in [-0.3, -0.25) is 14.7 Å². The highest BCUT2D eigenvalue weighted by molar-refractivity contribution is 5.44. The molecule has 3 rings (SSSR count). The monoisotopic (exact) mass is 377 g/mol. The minimum atomic E-state index is 0.0827. The molecule has 152 valence electrons. The fourth-order valence-electron chi connectivity index (χ4n) is 4.34. The molecule has 1 aromatic carbocycles. The van der Waals surface area contributed by atoms with Crippen LogP contribution in [0.3, 0.4) is 0 Å². The van der Waals surface area contributed by atoms with E-state index in [0.717, 1.165) is 56.0 Å². The van der Waals surface area contributed by atoms with Gasteiger partial charge in [0, 0.05) is 43.9 Å². The molecule has 0 saturated carbocycles. The van der Waals surface area contributed by atoms with Crippen molar-refractivity contribution < 1.29 is 15.3 Å². The smallest absolute Gasteiger partial charge is 0.124 e. The Labute approximate surface area is 163 Å². The Morgan fingerprint density at radius 3 is 1.63 bits per heavy atom. The molecule has 2 heterocycles. The van der Waals surface area contributed by atoms with Gasteiger partial charge in [-0.25, -0.2) is 0 Å². The van der Waals surface area contributed by atoms with Crippen molar-refractivity contribution >= 4 is 0 Å². The van der Waals surface area contributed by atoms with Crippen LogP contribution in [-0.4, -0.2) is 82.5 Å². The SMILES string of the molecule is OCCN(CCO)Cc1cc(CN2CCCC2)c(O)c(CN2CCCC2)c1. The highest BCUT2D eigenvalue weighted by atomic mass is 16.3. The minimum Gasteiger partial charge on any atom is -0.507 e. The lowest BCUT2D eigenvalue weighted by Crippen LogP contribution is -2.29. The summed E-state index contributed by atoms with van der Waals surface area (Å²) in [6.45, 7) is 7.95. The molecular formula is C21H35N3O3. The van der Waals surface area contributed by atoms with Gasteiger partial charge in [0.1, 0.15) is 5.75 Å². The Morgan fingerprint density at radius 2 is 1.22 bits per heavy atom. The van der Waals surface area contributed by atoms with Crippen LogP contribution in [0.1, 0.15) is 42.4 Å². The lowest BCUT2D eigenvalue weighted by molar-refractivity contribution is 0.155. The summed E-state index contributed by atoms with van der Waals surface area (Å²) in [5, 5.41) is 29.5. The number of likely N-dealkylation sites (tertiary alicyclic amines) is 2. The van der Waals surface area contributed by atoms with Crippen LogP contribution in [0.25, 0.3) is 0 Å². The zero-order valence-electron chi connectivity index (χ0n) is 16.4. The number of benzene rings is 1. The number of rotatable bonds is 10. The number of aliphatic hydroxyl groups excluding tert-OH is 2. The second-order valence-electron chi connectivity index (χ2n) is 7.95. The lowest BCUT2D eigenvalue weighted by atomic mass is 10.0. The number of phenols is 1. The maximum absolute atomic E-state index is 10.9. The average Bonchev–Trinajstić information content (AvgIpc) is 3.33. The van der Waals surface area contributed by atoms with Crippen molar-refractivity contribution in [1.82, 2.24) is 14.7 Å². The molecule has 2 aliphatic rings. The van der Waals surface area contributed by atoms with Crippen LogP contribution in [0.5, 0.6) is 5.75 Å². The van der Waals surface area contributed by atoms with Gasteiger partial charge in [0.25, 0.3) is 0 Å². The summed E-state index contributed by atoms with van der Waals surface area (Å²) in [6, 6.07) is 4.23. The van der Waals surface area contributed by atoms with Crippen LogP contribution < -0.4 is 0 Å². The molecule has 2 fully saturated rings. The van der Waals surface area contributed by atoms with Gasteiger partial charge in [-0.05, 0) is 69.6 Å². The molecule has 0 unspecified atom stereocenters. The molecule has 0 atom stereocenters. The zero-order chi connectivity index (χ0) is 19.1. The fraction of sp³-hybridized carbons (Fsp3) is 0.714. The van der Waals surface area contributed by atoms with E-state index in [2.05, 4.69) is 26.8 Å². The third-order valence-corrected chi connectivity index (χ3v) is 5.75. The normalized spacial score (nSPS) is 18.8. The first-order chi connectivity index (χ1) is 13.2. The highest BCUT2D eigenvalue weighted by Gasteiger charge is 2.20. The van der Waals surface area contributed by atoms with Crippen LogP contribution in [0.15, 0.2) is 12.1 Å². The van der Waals surface area contributed by atoms with Gasteiger partial charge >= 0.3 is 0 Å². The summed E-state index contributed by atoms with van der Waals surface area (Å²) in [6.07, 6.45) is 4.95. The first-order valence-corrected chi connectivity index (χ1v) is 10.4. The van der Waals surface area contributed by atoms with E-state index >= 15 is 0 Å². The van der Waals surface area contributed by atoms with Crippen molar-refractivity contribution in [2.75, 3.05) is 52.5 Å². The van der Waals surface area contributed by atoms with Crippen LogP contribution >= 0.6 is 0 Å². The Morgan fingerprint density at radius 1 is 0.778 bits per heavy atom. The maximum Gasteiger partial charge on any atom is 0.124 e. The number of aromatic hydroxyl groups is 1. The van der Waals surface area contributed by atoms with E-state index in [1.807, 2.05) is 0 Å². The standard InChI is InChI=1S/C21H35N3O3/c25-11-9-24(10-12-26)15-18-13-19(16-22-5-1-2-6-22)21(27)20(14-18)17-23-7-3-4-8-23/h13-14,25-27H,1-12,15-17H2. The lowest BCUT2D eigenvalue weighted by Gasteiger charge is -2.24. The number of nitrogens with zero attached hydrogens (tertiary/aromatic N) is 3. The molecule has 6 nitrogen and oxygen atoms in total. The van der Waals surface area contributed by atoms with Crippen molar-refractivity contribution in [2.45, 2.75) is 45.3 Å². The van der Waals surface area contributed by atoms with Gasteiger partial charge in [-0.15, -0.1) is 0 Å². The summed E-state index contributed by atoms with van der Waals surface area (Å²) >= 11 is 0. The number of aliphatic hydroxyl groups is 2. The first kappa shape index (κ1) is 20.6. The molecule has 6 heteroatoms. The van der Waals surface area contributed by atoms with Crippen molar-refractivity contribution in [2.24, 2.45) is 0 Å². The molecule has 2 saturated heterocycles. The first-order valence-electron chi connectivity index (χ1n) is 10.4. The molecule has 27 heavy (non-hydrogen) atoms.